The number of amides is 3. The molecule has 2 fully saturated rings. The van der Waals surface area contributed by atoms with Crippen LogP contribution in [0.4, 0.5) is 5.69 Å². The Balaban J connectivity index is 1.44. The molecule has 0 aliphatic carbocycles. The third-order valence-electron chi connectivity index (χ3n) is 9.07. The van der Waals surface area contributed by atoms with Crippen LogP contribution in [-0.4, -0.2) is 77.7 Å². The van der Waals surface area contributed by atoms with Crippen molar-refractivity contribution >= 4 is 41.0 Å². The van der Waals surface area contributed by atoms with Crippen molar-refractivity contribution < 1.29 is 33.8 Å². The Bertz CT molecular complexity index is 1530. The first kappa shape index (κ1) is 31.0. The number of hydrogen-bond donors (Lipinski definition) is 2. The van der Waals surface area contributed by atoms with Crippen molar-refractivity contribution in [2.24, 2.45) is 11.8 Å². The second kappa shape index (κ2) is 12.8. The number of anilines is 1. The number of halogens is 1. The fourth-order valence-corrected chi connectivity index (χ4v) is 7.35. The number of nitrogens with zero attached hydrogens (tertiary/aromatic N) is 2. The van der Waals surface area contributed by atoms with E-state index >= 15 is 0 Å². The molecule has 0 saturated carbocycles. The van der Waals surface area contributed by atoms with Gasteiger partial charge in [0.15, 0.2) is 0 Å². The molecule has 3 amide bonds. The molecule has 236 valence electrons. The largest absolute Gasteiger partial charge is 0.455 e. The van der Waals surface area contributed by atoms with Gasteiger partial charge in [-0.2, -0.15) is 0 Å². The summed E-state index contributed by atoms with van der Waals surface area (Å²) in [4.78, 5) is 58.8. The van der Waals surface area contributed by atoms with Crippen LogP contribution < -0.4 is 10.2 Å². The number of nitrogens with one attached hydrogen (secondary N) is 1. The highest BCUT2D eigenvalue weighted by molar-refractivity contribution is 6.34. The summed E-state index contributed by atoms with van der Waals surface area (Å²) in [7, 11) is 0. The highest BCUT2D eigenvalue weighted by atomic mass is 35.5. The zero-order chi connectivity index (χ0) is 31.7. The predicted molar refractivity (Wildman–Crippen MR) is 166 cm³/mol. The molecule has 10 nitrogen and oxygen atoms in total. The van der Waals surface area contributed by atoms with E-state index in [4.69, 9.17) is 21.1 Å². The lowest BCUT2D eigenvalue weighted by Gasteiger charge is -2.36. The van der Waals surface area contributed by atoms with Crippen molar-refractivity contribution in [1.29, 1.82) is 0 Å². The van der Waals surface area contributed by atoms with E-state index in [1.165, 1.54) is 9.80 Å². The molecule has 0 unspecified atom stereocenters. The molecule has 6 rings (SSSR count). The van der Waals surface area contributed by atoms with E-state index in [1.54, 1.807) is 30.4 Å². The molecular formula is C34H36ClN3O7. The van der Waals surface area contributed by atoms with Gasteiger partial charge in [0, 0.05) is 26.1 Å². The summed E-state index contributed by atoms with van der Waals surface area (Å²) in [6.07, 6.45) is 6.38. The highest BCUT2D eigenvalue weighted by Gasteiger charge is 2.73. The number of rotatable bonds is 5. The monoisotopic (exact) mass is 633 g/mol. The van der Waals surface area contributed by atoms with Gasteiger partial charge in [0.05, 0.1) is 29.3 Å². The van der Waals surface area contributed by atoms with E-state index in [0.717, 1.165) is 5.56 Å². The number of aliphatic hydroxyl groups is 1. The highest BCUT2D eigenvalue weighted by Crippen LogP contribution is 2.56. The number of benzene rings is 2. The van der Waals surface area contributed by atoms with Crippen LogP contribution in [0.25, 0.3) is 0 Å². The Labute approximate surface area is 266 Å². The molecule has 2 saturated heterocycles. The van der Waals surface area contributed by atoms with Gasteiger partial charge in [-0.3, -0.25) is 19.2 Å². The van der Waals surface area contributed by atoms with Crippen molar-refractivity contribution in [3.63, 3.8) is 0 Å². The topological polar surface area (TPSA) is 125 Å². The molecular weight excluding hydrogens is 598 g/mol. The maximum Gasteiger partial charge on any atom is 0.313 e. The Morgan fingerprint density at radius 1 is 1.04 bits per heavy atom. The maximum absolute atomic E-state index is 14.8. The number of likely N-dealkylation sites (tertiary alicyclic amines) is 1. The summed E-state index contributed by atoms with van der Waals surface area (Å²) >= 11 is 6.68. The smallest absolute Gasteiger partial charge is 0.313 e. The van der Waals surface area contributed by atoms with Gasteiger partial charge in [0.2, 0.25) is 11.8 Å². The van der Waals surface area contributed by atoms with Crippen molar-refractivity contribution in [2.45, 2.75) is 50.0 Å². The number of esters is 1. The van der Waals surface area contributed by atoms with Crippen LogP contribution >= 0.6 is 11.6 Å². The van der Waals surface area contributed by atoms with Crippen molar-refractivity contribution in [3.05, 3.63) is 89.0 Å². The van der Waals surface area contributed by atoms with E-state index in [9.17, 15) is 24.3 Å². The minimum Gasteiger partial charge on any atom is -0.455 e. The summed E-state index contributed by atoms with van der Waals surface area (Å²) in [6.45, 7) is 1.94. The average molecular weight is 634 g/mol. The van der Waals surface area contributed by atoms with Gasteiger partial charge in [-0.05, 0) is 37.0 Å². The number of fused-ring (bicyclic) bond motifs is 2. The number of hydrogen-bond acceptors (Lipinski definition) is 7. The lowest BCUT2D eigenvalue weighted by molar-refractivity contribution is -0.159. The van der Waals surface area contributed by atoms with E-state index in [0.29, 0.717) is 22.7 Å². The molecule has 2 N–H and O–H groups in total. The molecule has 6 atom stereocenters. The standard InChI is InChI=1S/C34H36ClN3O7/c1-21-10-8-13-23(35)29(21)37-17-7-3-6-14-26(40)36-20-25(22-11-4-2-5-12-22)44-33(43)27-24-15-16-34(45-24)28(27)31(41)38(18-9-19-39)30(34)32(37)42/h2-5,7-8,10-13,15-16,24-25,27-28,30,39H,6,9,14,17-20H2,1H3,(H,36,40)/b7-3-/t24-,25-,27+,28+,30-,34+/m0/s1. The molecule has 45 heavy (non-hydrogen) atoms. The second-order valence-electron chi connectivity index (χ2n) is 11.8. The number of carbonyl (C=O) groups excluding carboxylic acids is 4. The van der Waals surface area contributed by atoms with Gasteiger partial charge in [-0.1, -0.05) is 78.4 Å². The molecule has 1 spiro atoms. The third kappa shape index (κ3) is 5.55. The molecule has 4 heterocycles. The lowest BCUT2D eigenvalue weighted by atomic mass is 9.74. The summed E-state index contributed by atoms with van der Waals surface area (Å²) in [6, 6.07) is 13.3. The van der Waals surface area contributed by atoms with Crippen molar-refractivity contribution in [3.8, 4) is 0 Å². The number of para-hydroxylation sites is 1. The Morgan fingerprint density at radius 3 is 2.60 bits per heavy atom. The van der Waals surface area contributed by atoms with Gasteiger partial charge in [0.1, 0.15) is 23.7 Å². The zero-order valence-corrected chi connectivity index (χ0v) is 25.7. The first-order valence-corrected chi connectivity index (χ1v) is 15.7. The summed E-state index contributed by atoms with van der Waals surface area (Å²) < 4.78 is 12.5. The van der Waals surface area contributed by atoms with Crippen LogP contribution in [0.2, 0.25) is 5.02 Å². The number of ether oxygens (including phenoxy) is 2. The van der Waals surface area contributed by atoms with Gasteiger partial charge >= 0.3 is 5.97 Å². The molecule has 5 bridgehead atoms. The first-order chi connectivity index (χ1) is 21.8. The Hall–Kier alpha value is -3.99. The molecule has 0 radical (unpaired) electrons. The molecule has 4 aliphatic rings. The molecule has 2 aromatic rings. The summed E-state index contributed by atoms with van der Waals surface area (Å²) in [5, 5.41) is 12.9. The molecule has 4 aliphatic heterocycles. The number of carbonyl (C=O) groups is 4. The number of cyclic esters (lactones) is 1. The van der Waals surface area contributed by atoms with Crippen molar-refractivity contribution in [2.75, 3.05) is 31.1 Å². The van der Waals surface area contributed by atoms with Gasteiger partial charge in [0.25, 0.3) is 5.91 Å². The zero-order valence-electron chi connectivity index (χ0n) is 24.9. The van der Waals surface area contributed by atoms with Crippen LogP contribution in [0.3, 0.4) is 0 Å². The second-order valence-corrected chi connectivity index (χ2v) is 12.2. The SMILES string of the molecule is Cc1cccc(Cl)c1N1C/C=C\CCC(=O)NC[C@@H](c2ccccc2)OC(=O)[C@@H]2[C@@H]3C=C[C@]4(O3)[C@H](C1=O)N(CCCO)C(=O)[C@@H]24. The quantitative estimate of drug-likeness (QED) is 0.382. The summed E-state index contributed by atoms with van der Waals surface area (Å²) in [5.41, 5.74) is 0.534. The average Bonchev–Trinajstić information content (AvgIpc) is 3.67. The van der Waals surface area contributed by atoms with E-state index in [1.807, 2.05) is 49.4 Å². The third-order valence-corrected chi connectivity index (χ3v) is 9.37. The Kier molecular flexibility index (Phi) is 8.81. The summed E-state index contributed by atoms with van der Waals surface area (Å²) in [5.74, 6) is -3.72. The molecule has 11 heteroatoms. The molecule has 0 aromatic heterocycles. The van der Waals surface area contributed by atoms with E-state index in [-0.39, 0.29) is 45.0 Å². The van der Waals surface area contributed by atoms with Crippen LogP contribution in [0.5, 0.6) is 0 Å². The number of allylic oxidation sites excluding steroid dienone is 1. The van der Waals surface area contributed by atoms with Crippen LogP contribution in [0.1, 0.15) is 36.5 Å². The van der Waals surface area contributed by atoms with Crippen LogP contribution in [0.15, 0.2) is 72.8 Å². The fraction of sp³-hybridized carbons (Fsp3) is 0.412. The van der Waals surface area contributed by atoms with E-state index < -0.39 is 53.5 Å². The lowest BCUT2D eigenvalue weighted by Crippen LogP contribution is -2.56. The predicted octanol–water partition coefficient (Wildman–Crippen LogP) is 3.27. The van der Waals surface area contributed by atoms with Gasteiger partial charge < -0.3 is 29.7 Å². The normalized spacial score (nSPS) is 30.8. The molecule has 2 aromatic carbocycles. The first-order valence-electron chi connectivity index (χ1n) is 15.3. The van der Waals surface area contributed by atoms with Crippen LogP contribution in [-0.2, 0) is 28.7 Å². The minimum atomic E-state index is -1.42. The maximum atomic E-state index is 14.8. The number of aliphatic hydroxyl groups excluding tert-OH is 1. The fourth-order valence-electron chi connectivity index (χ4n) is 7.02. The van der Waals surface area contributed by atoms with Crippen molar-refractivity contribution in [1.82, 2.24) is 10.2 Å². The van der Waals surface area contributed by atoms with E-state index in [2.05, 4.69) is 5.32 Å². The van der Waals surface area contributed by atoms with Crippen LogP contribution in [0, 0.1) is 18.8 Å². The van der Waals surface area contributed by atoms with Gasteiger partial charge in [-0.25, -0.2) is 0 Å². The Morgan fingerprint density at radius 2 is 1.84 bits per heavy atom. The number of aryl methyl sites for hydroxylation is 1. The van der Waals surface area contributed by atoms with Gasteiger partial charge in [-0.15, -0.1) is 0 Å². The minimum absolute atomic E-state index is 0.0550.